The van der Waals surface area contributed by atoms with Gasteiger partial charge in [0.2, 0.25) is 12.3 Å². The molecule has 1 amide bonds. The molecule has 0 saturated carbocycles. The number of aromatic nitrogens is 2. The summed E-state index contributed by atoms with van der Waals surface area (Å²) in [5, 5.41) is 8.29. The number of nitrogens with zero attached hydrogens (tertiary/aromatic N) is 1. The van der Waals surface area contributed by atoms with E-state index in [4.69, 9.17) is 0 Å². The maximum atomic E-state index is 10.5. The zero-order chi connectivity index (χ0) is 8.97. The number of rotatable bonds is 3. The Morgan fingerprint density at radius 1 is 1.83 bits per heavy atom. The van der Waals surface area contributed by atoms with Crippen LogP contribution >= 0.6 is 0 Å². The smallest absolute Gasteiger partial charge is 0.309 e. The summed E-state index contributed by atoms with van der Waals surface area (Å²) in [6.07, 6.45) is 1.81. The van der Waals surface area contributed by atoms with E-state index in [2.05, 4.69) is 20.3 Å². The van der Waals surface area contributed by atoms with E-state index in [-0.39, 0.29) is 5.88 Å². The number of esters is 1. The molecule has 12 heavy (non-hydrogen) atoms. The van der Waals surface area contributed by atoms with Crippen molar-refractivity contribution in [3.05, 3.63) is 6.20 Å². The van der Waals surface area contributed by atoms with Crippen molar-refractivity contribution < 1.29 is 14.3 Å². The van der Waals surface area contributed by atoms with E-state index >= 15 is 0 Å². The Labute approximate surface area is 67.9 Å². The van der Waals surface area contributed by atoms with Gasteiger partial charge in [-0.3, -0.25) is 9.59 Å². The quantitative estimate of drug-likeness (QED) is 0.489. The minimum atomic E-state index is -0.479. The van der Waals surface area contributed by atoms with E-state index in [1.807, 2.05) is 0 Å². The molecule has 0 aliphatic carbocycles. The van der Waals surface area contributed by atoms with Gasteiger partial charge < -0.3 is 10.1 Å². The van der Waals surface area contributed by atoms with Gasteiger partial charge in [0.25, 0.3) is 0 Å². The molecule has 1 aromatic heterocycles. The van der Waals surface area contributed by atoms with Crippen LogP contribution in [0.2, 0.25) is 0 Å². The Kier molecular flexibility index (Phi) is 2.42. The van der Waals surface area contributed by atoms with E-state index in [0.29, 0.717) is 12.1 Å². The molecule has 2 N–H and O–H groups in total. The van der Waals surface area contributed by atoms with Gasteiger partial charge in [-0.25, -0.2) is 5.10 Å². The predicted molar refractivity (Wildman–Crippen MR) is 39.6 cm³/mol. The van der Waals surface area contributed by atoms with Crippen LogP contribution in [0.1, 0.15) is 6.92 Å². The number of ether oxygens (including phenoxy) is 1. The molecule has 1 heterocycles. The van der Waals surface area contributed by atoms with Crippen LogP contribution in [0, 0.1) is 0 Å². The fraction of sp³-hybridized carbons (Fsp3) is 0.167. The first kappa shape index (κ1) is 8.25. The highest BCUT2D eigenvalue weighted by Gasteiger charge is 2.06. The van der Waals surface area contributed by atoms with Crippen LogP contribution < -0.4 is 10.1 Å². The Morgan fingerprint density at radius 2 is 2.58 bits per heavy atom. The highest BCUT2D eigenvalue weighted by Crippen LogP contribution is 2.18. The van der Waals surface area contributed by atoms with Crippen molar-refractivity contribution in [1.29, 1.82) is 0 Å². The Bertz CT molecular complexity index is 294. The fourth-order valence-electron chi connectivity index (χ4n) is 0.662. The third-order valence-corrected chi connectivity index (χ3v) is 1.06. The average Bonchev–Trinajstić information content (AvgIpc) is 2.37. The number of hydrogen-bond donors (Lipinski definition) is 2. The second kappa shape index (κ2) is 3.51. The second-order valence-corrected chi connectivity index (χ2v) is 1.97. The van der Waals surface area contributed by atoms with Crippen LogP contribution in [0.3, 0.4) is 0 Å². The minimum Gasteiger partial charge on any atom is -0.406 e. The van der Waals surface area contributed by atoms with Crippen LogP contribution in [0.5, 0.6) is 5.88 Å². The lowest BCUT2D eigenvalue weighted by Gasteiger charge is -1.98. The third kappa shape index (κ3) is 1.82. The summed E-state index contributed by atoms with van der Waals surface area (Å²) in [4.78, 5) is 20.5. The van der Waals surface area contributed by atoms with E-state index in [9.17, 15) is 9.59 Å². The second-order valence-electron chi connectivity index (χ2n) is 1.97. The van der Waals surface area contributed by atoms with Gasteiger partial charge in [-0.05, 0) is 0 Å². The molecule has 0 aromatic carbocycles. The highest BCUT2D eigenvalue weighted by atomic mass is 16.5. The van der Waals surface area contributed by atoms with Gasteiger partial charge >= 0.3 is 5.97 Å². The van der Waals surface area contributed by atoms with Crippen molar-refractivity contribution in [3.63, 3.8) is 0 Å². The molecule has 0 atom stereocenters. The molecule has 0 bridgehead atoms. The van der Waals surface area contributed by atoms with Gasteiger partial charge in [-0.2, -0.15) is 5.10 Å². The Morgan fingerprint density at radius 3 is 3.17 bits per heavy atom. The van der Waals surface area contributed by atoms with Gasteiger partial charge in [0.05, 0.1) is 6.20 Å². The summed E-state index contributed by atoms with van der Waals surface area (Å²) in [6.45, 7) is 1.26. The van der Waals surface area contributed by atoms with Gasteiger partial charge in [-0.1, -0.05) is 0 Å². The Balaban J connectivity index is 2.76. The Hall–Kier alpha value is -1.85. The van der Waals surface area contributed by atoms with Crippen molar-refractivity contribution in [1.82, 2.24) is 10.2 Å². The van der Waals surface area contributed by atoms with Crippen LogP contribution in [0.15, 0.2) is 6.20 Å². The minimum absolute atomic E-state index is 0.134. The highest BCUT2D eigenvalue weighted by molar-refractivity contribution is 5.77. The van der Waals surface area contributed by atoms with Crippen molar-refractivity contribution in [2.45, 2.75) is 6.92 Å². The molecule has 1 rings (SSSR count). The first-order valence-electron chi connectivity index (χ1n) is 3.16. The fourth-order valence-corrected chi connectivity index (χ4v) is 0.662. The number of nitrogens with one attached hydrogen (secondary N) is 2. The van der Waals surface area contributed by atoms with Crippen LogP contribution in [-0.4, -0.2) is 22.6 Å². The average molecular weight is 169 g/mol. The van der Waals surface area contributed by atoms with E-state index < -0.39 is 5.97 Å². The molecule has 0 unspecified atom stereocenters. The number of aromatic amines is 1. The lowest BCUT2D eigenvalue weighted by molar-refractivity contribution is -0.132. The zero-order valence-electron chi connectivity index (χ0n) is 6.33. The third-order valence-electron chi connectivity index (χ3n) is 1.06. The number of carbonyl (C=O) groups excluding carboxylic acids is 2. The lowest BCUT2D eigenvalue weighted by Crippen LogP contribution is -2.04. The van der Waals surface area contributed by atoms with Gasteiger partial charge in [-0.15, -0.1) is 0 Å². The van der Waals surface area contributed by atoms with Gasteiger partial charge in [0, 0.05) is 6.92 Å². The molecule has 6 heteroatoms. The number of H-pyrrole nitrogens is 1. The molecular weight excluding hydrogens is 162 g/mol. The molecule has 6 nitrogen and oxygen atoms in total. The maximum Gasteiger partial charge on any atom is 0.309 e. The summed E-state index contributed by atoms with van der Waals surface area (Å²) in [5.74, 6) is -0.345. The van der Waals surface area contributed by atoms with Gasteiger partial charge in [0.15, 0.2) is 0 Å². The first-order valence-corrected chi connectivity index (χ1v) is 3.16. The summed E-state index contributed by atoms with van der Waals surface area (Å²) in [5.41, 5.74) is 0.334. The number of amides is 1. The standard InChI is InChI=1S/C6H7N3O3/c1-4(11)12-6-5(7-3-10)2-8-9-6/h2-3H,1H3,(H,7,10)(H,8,9). The largest absolute Gasteiger partial charge is 0.406 e. The van der Waals surface area contributed by atoms with Crippen molar-refractivity contribution in [2.75, 3.05) is 5.32 Å². The summed E-state index contributed by atoms with van der Waals surface area (Å²) in [7, 11) is 0. The number of hydrogen-bond acceptors (Lipinski definition) is 4. The van der Waals surface area contributed by atoms with Crippen molar-refractivity contribution >= 4 is 18.1 Å². The molecule has 0 spiro atoms. The zero-order valence-corrected chi connectivity index (χ0v) is 6.33. The molecule has 0 fully saturated rings. The molecule has 0 saturated heterocycles. The SMILES string of the molecule is CC(=O)Oc1[nH]ncc1NC=O. The maximum absolute atomic E-state index is 10.5. The van der Waals surface area contributed by atoms with Crippen LogP contribution in [-0.2, 0) is 9.59 Å². The topological polar surface area (TPSA) is 84.1 Å². The van der Waals surface area contributed by atoms with E-state index in [1.165, 1.54) is 13.1 Å². The monoisotopic (exact) mass is 169 g/mol. The normalized spacial score (nSPS) is 9.08. The van der Waals surface area contributed by atoms with Crippen molar-refractivity contribution in [3.8, 4) is 5.88 Å². The molecule has 1 aromatic rings. The number of anilines is 1. The van der Waals surface area contributed by atoms with Crippen LogP contribution in [0.4, 0.5) is 5.69 Å². The molecule has 64 valence electrons. The summed E-state index contributed by atoms with van der Waals surface area (Å²) >= 11 is 0. The van der Waals surface area contributed by atoms with Crippen LogP contribution in [0.25, 0.3) is 0 Å². The lowest BCUT2D eigenvalue weighted by atomic mass is 10.5. The molecule has 0 aliphatic rings. The summed E-state index contributed by atoms with van der Waals surface area (Å²) in [6, 6.07) is 0. The molecule has 0 aliphatic heterocycles. The number of carbonyl (C=O) groups is 2. The van der Waals surface area contributed by atoms with E-state index in [1.54, 1.807) is 0 Å². The molecule has 0 radical (unpaired) electrons. The summed E-state index contributed by atoms with van der Waals surface area (Å²) < 4.78 is 4.66. The molecular formula is C6H7N3O3. The van der Waals surface area contributed by atoms with Gasteiger partial charge in [0.1, 0.15) is 5.69 Å². The van der Waals surface area contributed by atoms with E-state index in [0.717, 1.165) is 0 Å². The predicted octanol–water partition coefficient (Wildman–Crippen LogP) is -0.0967. The van der Waals surface area contributed by atoms with Crippen molar-refractivity contribution in [2.24, 2.45) is 0 Å². The first-order chi connectivity index (χ1) is 5.74.